The molecule has 0 aliphatic rings. The molecule has 0 radical (unpaired) electrons. The Morgan fingerprint density at radius 2 is 0.690 bits per heavy atom. The summed E-state index contributed by atoms with van der Waals surface area (Å²) >= 11 is 0. The van der Waals surface area contributed by atoms with Crippen molar-refractivity contribution in [1.29, 1.82) is 0 Å². The third-order valence-corrected chi connectivity index (χ3v) is 8.46. The summed E-state index contributed by atoms with van der Waals surface area (Å²) < 4.78 is 0. The van der Waals surface area contributed by atoms with Gasteiger partial charge < -0.3 is 10.2 Å². The highest BCUT2D eigenvalue weighted by molar-refractivity contribution is 6.18. The van der Waals surface area contributed by atoms with Crippen LogP contribution >= 0.6 is 0 Å². The summed E-state index contributed by atoms with van der Waals surface area (Å²) in [5, 5.41) is 32.3. The first-order valence-corrected chi connectivity index (χ1v) is 14.1. The third-order valence-electron chi connectivity index (χ3n) is 8.46. The first-order chi connectivity index (χ1) is 20.7. The second kappa shape index (κ2) is 9.50. The molecule has 8 rings (SSSR count). The molecule has 0 heterocycles. The summed E-state index contributed by atoms with van der Waals surface area (Å²) in [6.45, 7) is 0. The maximum absolute atomic E-state index is 12.2. The van der Waals surface area contributed by atoms with E-state index in [1.165, 1.54) is 0 Å². The van der Waals surface area contributed by atoms with E-state index < -0.39 is 0 Å². The minimum Gasteiger partial charge on any atom is -0.507 e. The molecule has 2 heteroatoms. The maximum Gasteiger partial charge on any atom is 0.132 e. The highest BCUT2D eigenvalue weighted by atomic mass is 16.3. The number of phenols is 2. The molecule has 0 aliphatic heterocycles. The van der Waals surface area contributed by atoms with Crippen molar-refractivity contribution in [2.45, 2.75) is 0 Å². The van der Waals surface area contributed by atoms with Crippen molar-refractivity contribution in [3.8, 4) is 44.9 Å². The number of rotatable bonds is 3. The first-order valence-electron chi connectivity index (χ1n) is 14.1. The smallest absolute Gasteiger partial charge is 0.132 e. The van der Waals surface area contributed by atoms with Gasteiger partial charge >= 0.3 is 0 Å². The number of fused-ring (bicyclic) bond motifs is 6. The van der Waals surface area contributed by atoms with Gasteiger partial charge in [-0.05, 0) is 66.7 Å². The number of hydrogen-bond acceptors (Lipinski definition) is 2. The molecule has 0 fully saturated rings. The van der Waals surface area contributed by atoms with Crippen LogP contribution in [0, 0.1) is 0 Å². The molecule has 8 aromatic carbocycles. The predicted molar refractivity (Wildman–Crippen MR) is 176 cm³/mol. The molecule has 0 saturated heterocycles. The molecule has 0 saturated carbocycles. The fraction of sp³-hybridized carbons (Fsp3) is 0. The molecule has 42 heavy (non-hydrogen) atoms. The van der Waals surface area contributed by atoms with Crippen molar-refractivity contribution < 1.29 is 10.2 Å². The lowest BCUT2D eigenvalue weighted by molar-refractivity contribution is 0.476. The third kappa shape index (κ3) is 3.66. The van der Waals surface area contributed by atoms with Crippen LogP contribution in [0.2, 0.25) is 0 Å². The molecule has 8 aromatic rings. The molecular weight excluding hydrogens is 512 g/mol. The zero-order chi connectivity index (χ0) is 28.2. The number of phenolic OH excluding ortho intramolecular Hbond substituents is 2. The number of hydrogen-bond donors (Lipinski definition) is 2. The van der Waals surface area contributed by atoms with E-state index in [4.69, 9.17) is 0 Å². The van der Waals surface area contributed by atoms with E-state index in [1.807, 2.05) is 84.9 Å². The Balaban J connectivity index is 1.58. The van der Waals surface area contributed by atoms with E-state index in [0.29, 0.717) is 11.1 Å². The molecule has 0 unspecified atom stereocenters. The van der Waals surface area contributed by atoms with Crippen LogP contribution in [-0.2, 0) is 0 Å². The minimum absolute atomic E-state index is 0.157. The summed E-state index contributed by atoms with van der Waals surface area (Å²) in [7, 11) is 0. The van der Waals surface area contributed by atoms with Crippen LogP contribution in [0.5, 0.6) is 11.5 Å². The SMILES string of the molecule is Oc1c(-c2c(-c3ccccc3)cc3c(ccc4ccccc43)c2O)c(-c2ccccc2)cc2c1ccc1ccccc12. The molecule has 2 N–H and O–H groups in total. The van der Waals surface area contributed by atoms with Crippen molar-refractivity contribution in [2.75, 3.05) is 0 Å². The lowest BCUT2D eigenvalue weighted by Crippen LogP contribution is -1.94. The van der Waals surface area contributed by atoms with Crippen molar-refractivity contribution in [3.05, 3.63) is 146 Å². The van der Waals surface area contributed by atoms with Gasteiger partial charge in [0.15, 0.2) is 0 Å². The van der Waals surface area contributed by atoms with Gasteiger partial charge in [-0.25, -0.2) is 0 Å². The van der Waals surface area contributed by atoms with E-state index in [1.54, 1.807) is 0 Å². The van der Waals surface area contributed by atoms with Crippen molar-refractivity contribution in [3.63, 3.8) is 0 Å². The molecule has 0 amide bonds. The lowest BCUT2D eigenvalue weighted by atomic mass is 9.83. The van der Waals surface area contributed by atoms with Crippen LogP contribution in [-0.4, -0.2) is 10.2 Å². The number of aromatic hydroxyl groups is 2. The van der Waals surface area contributed by atoms with Crippen molar-refractivity contribution in [2.24, 2.45) is 0 Å². The average molecular weight is 539 g/mol. The first kappa shape index (κ1) is 24.2. The summed E-state index contributed by atoms with van der Waals surface area (Å²) in [5.41, 5.74) is 4.91. The standard InChI is InChI=1S/C40H26O2/c41-39-31-21-19-27-15-7-9-17-29(27)35(31)23-33(25-11-3-1-4-12-25)37(39)38-34(26-13-5-2-6-14-26)24-36-30-18-10-8-16-28(30)20-22-32(36)40(38)42/h1-24,41-42H. The van der Waals surface area contributed by atoms with Crippen LogP contribution in [0.3, 0.4) is 0 Å². The van der Waals surface area contributed by atoms with Crippen LogP contribution in [0.4, 0.5) is 0 Å². The fourth-order valence-electron chi connectivity index (χ4n) is 6.47. The summed E-state index contributed by atoms with van der Waals surface area (Å²) in [6.07, 6.45) is 0. The van der Waals surface area contributed by atoms with E-state index >= 15 is 0 Å². The average Bonchev–Trinajstić information content (AvgIpc) is 3.05. The van der Waals surface area contributed by atoms with E-state index in [-0.39, 0.29) is 11.5 Å². The molecule has 0 aliphatic carbocycles. The Hall–Kier alpha value is -5.60. The highest BCUT2D eigenvalue weighted by Crippen LogP contribution is 2.53. The lowest BCUT2D eigenvalue weighted by Gasteiger charge is -2.21. The number of benzene rings is 8. The Labute approximate surface area is 243 Å². The van der Waals surface area contributed by atoms with E-state index in [9.17, 15) is 10.2 Å². The van der Waals surface area contributed by atoms with E-state index in [2.05, 4.69) is 60.7 Å². The Morgan fingerprint density at radius 1 is 0.310 bits per heavy atom. The zero-order valence-corrected chi connectivity index (χ0v) is 22.8. The van der Waals surface area contributed by atoms with Crippen LogP contribution < -0.4 is 0 Å². The largest absolute Gasteiger partial charge is 0.507 e. The zero-order valence-electron chi connectivity index (χ0n) is 22.8. The van der Waals surface area contributed by atoms with Gasteiger partial charge in [-0.1, -0.05) is 133 Å². The fourth-order valence-corrected chi connectivity index (χ4v) is 6.47. The molecule has 0 bridgehead atoms. The van der Waals surface area contributed by atoms with Crippen LogP contribution in [0.1, 0.15) is 0 Å². The quantitative estimate of drug-likeness (QED) is 0.220. The predicted octanol–water partition coefficient (Wildman–Crippen LogP) is 10.7. The van der Waals surface area contributed by atoms with Crippen molar-refractivity contribution >= 4 is 43.1 Å². The van der Waals surface area contributed by atoms with Crippen LogP contribution in [0.15, 0.2) is 146 Å². The molecule has 0 aromatic heterocycles. The van der Waals surface area contributed by atoms with Gasteiger partial charge in [-0.3, -0.25) is 0 Å². The van der Waals surface area contributed by atoms with Gasteiger partial charge in [0.1, 0.15) is 11.5 Å². The van der Waals surface area contributed by atoms with Gasteiger partial charge in [-0.2, -0.15) is 0 Å². The molecule has 0 atom stereocenters. The Morgan fingerprint density at radius 3 is 1.12 bits per heavy atom. The Kier molecular flexibility index (Phi) is 5.48. The second-order valence-electron chi connectivity index (χ2n) is 10.8. The molecule has 2 nitrogen and oxygen atoms in total. The van der Waals surface area contributed by atoms with Crippen molar-refractivity contribution in [1.82, 2.24) is 0 Å². The Bertz CT molecular complexity index is 2140. The highest BCUT2D eigenvalue weighted by Gasteiger charge is 2.25. The molecule has 0 spiro atoms. The monoisotopic (exact) mass is 538 g/mol. The topological polar surface area (TPSA) is 40.5 Å². The van der Waals surface area contributed by atoms with Crippen LogP contribution in [0.25, 0.3) is 76.5 Å². The normalized spacial score (nSPS) is 11.5. The summed E-state index contributed by atoms with van der Waals surface area (Å²) in [6, 6.07) is 49.2. The van der Waals surface area contributed by atoms with Gasteiger partial charge in [0, 0.05) is 21.9 Å². The molecule has 198 valence electrons. The minimum atomic E-state index is 0.157. The van der Waals surface area contributed by atoms with Gasteiger partial charge in [0.2, 0.25) is 0 Å². The maximum atomic E-state index is 12.2. The summed E-state index contributed by atoms with van der Waals surface area (Å²) in [5.74, 6) is 0.314. The van der Waals surface area contributed by atoms with Gasteiger partial charge in [-0.15, -0.1) is 0 Å². The second-order valence-corrected chi connectivity index (χ2v) is 10.8. The molecular formula is C40H26O2. The van der Waals surface area contributed by atoms with Gasteiger partial charge in [0.25, 0.3) is 0 Å². The van der Waals surface area contributed by atoms with E-state index in [0.717, 1.165) is 65.3 Å². The van der Waals surface area contributed by atoms with Gasteiger partial charge in [0.05, 0.1) is 0 Å². The summed E-state index contributed by atoms with van der Waals surface area (Å²) in [4.78, 5) is 0.